The molecule has 0 aromatic carbocycles. The predicted molar refractivity (Wildman–Crippen MR) is 66.5 cm³/mol. The topological polar surface area (TPSA) is 64.3 Å². The quantitative estimate of drug-likeness (QED) is 0.682. The molecule has 3 N–H and O–H groups in total. The van der Waals surface area contributed by atoms with Crippen molar-refractivity contribution in [2.75, 3.05) is 20.3 Å². The van der Waals surface area contributed by atoms with Gasteiger partial charge in [0, 0.05) is 13.7 Å². The van der Waals surface area contributed by atoms with E-state index >= 15 is 0 Å². The van der Waals surface area contributed by atoms with Gasteiger partial charge in [0.05, 0.1) is 12.1 Å². The number of primary amides is 1. The zero-order chi connectivity index (χ0) is 12.3. The van der Waals surface area contributed by atoms with Gasteiger partial charge < -0.3 is 15.8 Å². The zero-order valence-corrected chi connectivity index (χ0v) is 10.7. The van der Waals surface area contributed by atoms with E-state index in [9.17, 15) is 4.79 Å². The molecule has 0 aliphatic heterocycles. The maximum absolute atomic E-state index is 11.8. The van der Waals surface area contributed by atoms with Crippen molar-refractivity contribution >= 4 is 5.91 Å². The van der Waals surface area contributed by atoms with Gasteiger partial charge in [-0.3, -0.25) is 4.79 Å². The van der Waals surface area contributed by atoms with Crippen LogP contribution in [0.1, 0.15) is 38.5 Å². The van der Waals surface area contributed by atoms with Crippen LogP contribution in [0, 0.1) is 11.8 Å². The molecule has 2 atom stereocenters. The van der Waals surface area contributed by atoms with Gasteiger partial charge in [0.25, 0.3) is 0 Å². The highest BCUT2D eigenvalue weighted by atomic mass is 16.5. The molecular weight excluding hydrogens is 216 g/mol. The van der Waals surface area contributed by atoms with E-state index in [0.717, 1.165) is 25.2 Å². The van der Waals surface area contributed by atoms with Crippen LogP contribution in [-0.4, -0.2) is 31.7 Å². The highest BCUT2D eigenvalue weighted by Gasteiger charge is 2.45. The van der Waals surface area contributed by atoms with Gasteiger partial charge in [-0.2, -0.15) is 0 Å². The average molecular weight is 240 g/mol. The molecule has 2 fully saturated rings. The Balaban J connectivity index is 1.96. The molecule has 0 radical (unpaired) electrons. The van der Waals surface area contributed by atoms with Crippen LogP contribution in [0.4, 0.5) is 0 Å². The third kappa shape index (κ3) is 2.99. The summed E-state index contributed by atoms with van der Waals surface area (Å²) >= 11 is 0. The van der Waals surface area contributed by atoms with Crippen molar-refractivity contribution in [3.05, 3.63) is 0 Å². The van der Waals surface area contributed by atoms with Crippen LogP contribution in [0.5, 0.6) is 0 Å². The van der Waals surface area contributed by atoms with Crippen molar-refractivity contribution in [2.45, 2.75) is 44.1 Å². The summed E-state index contributed by atoms with van der Waals surface area (Å²) in [7, 11) is 1.67. The van der Waals surface area contributed by atoms with Crippen molar-refractivity contribution in [1.29, 1.82) is 0 Å². The number of nitrogens with two attached hydrogens (primary N) is 1. The molecule has 2 rings (SSSR count). The molecule has 0 saturated heterocycles. The molecule has 0 aromatic heterocycles. The van der Waals surface area contributed by atoms with Gasteiger partial charge in [-0.05, 0) is 37.5 Å². The zero-order valence-electron chi connectivity index (χ0n) is 10.7. The van der Waals surface area contributed by atoms with E-state index in [2.05, 4.69) is 5.32 Å². The van der Waals surface area contributed by atoms with E-state index in [1.165, 1.54) is 19.3 Å². The Labute approximate surface area is 103 Å². The van der Waals surface area contributed by atoms with Crippen LogP contribution in [0.25, 0.3) is 0 Å². The summed E-state index contributed by atoms with van der Waals surface area (Å²) in [5.41, 5.74) is 5.16. The van der Waals surface area contributed by atoms with Gasteiger partial charge in [0.1, 0.15) is 0 Å². The average Bonchev–Trinajstić information content (AvgIpc) is 3.13. The van der Waals surface area contributed by atoms with Crippen molar-refractivity contribution < 1.29 is 9.53 Å². The van der Waals surface area contributed by atoms with Crippen LogP contribution < -0.4 is 11.1 Å². The van der Waals surface area contributed by atoms with Crippen molar-refractivity contribution in [3.63, 3.8) is 0 Å². The van der Waals surface area contributed by atoms with E-state index in [4.69, 9.17) is 10.5 Å². The molecule has 0 spiro atoms. The fourth-order valence-corrected chi connectivity index (χ4v) is 3.15. The lowest BCUT2D eigenvalue weighted by Gasteiger charge is -2.39. The molecule has 1 amide bonds. The molecule has 0 bridgehead atoms. The number of methoxy groups -OCH3 is 1. The third-order valence-corrected chi connectivity index (χ3v) is 4.32. The first-order valence-electron chi connectivity index (χ1n) is 6.72. The minimum Gasteiger partial charge on any atom is -0.383 e. The second-order valence-corrected chi connectivity index (χ2v) is 5.56. The van der Waals surface area contributed by atoms with Crippen molar-refractivity contribution in [3.8, 4) is 0 Å². The van der Waals surface area contributed by atoms with Gasteiger partial charge in [0.2, 0.25) is 5.91 Å². The molecule has 0 heterocycles. The summed E-state index contributed by atoms with van der Waals surface area (Å²) in [4.78, 5) is 11.8. The predicted octanol–water partition coefficient (Wildman–Crippen LogP) is 1.05. The Morgan fingerprint density at radius 1 is 1.41 bits per heavy atom. The van der Waals surface area contributed by atoms with E-state index in [0.29, 0.717) is 19.1 Å². The first kappa shape index (κ1) is 12.8. The molecule has 0 aromatic rings. The highest BCUT2D eigenvalue weighted by Crippen LogP contribution is 2.46. The molecule has 2 saturated carbocycles. The Morgan fingerprint density at radius 3 is 2.76 bits per heavy atom. The van der Waals surface area contributed by atoms with Gasteiger partial charge >= 0.3 is 0 Å². The Bertz CT molecular complexity index is 279. The molecule has 2 aliphatic carbocycles. The van der Waals surface area contributed by atoms with Gasteiger partial charge in [0.15, 0.2) is 0 Å². The third-order valence-electron chi connectivity index (χ3n) is 4.32. The molecule has 4 heteroatoms. The second-order valence-electron chi connectivity index (χ2n) is 5.56. The minimum atomic E-state index is -0.468. The van der Waals surface area contributed by atoms with Crippen LogP contribution in [0.15, 0.2) is 0 Å². The normalized spacial score (nSPS) is 33.6. The number of carbonyl (C=O) groups is 1. The standard InChI is InChI=1S/C13H24N2O2/c1-17-8-7-15-13(12(14)16)6-2-3-11(9-13)10-4-5-10/h10-11,15H,2-9H2,1H3,(H2,14,16). The lowest BCUT2D eigenvalue weighted by atomic mass is 9.73. The van der Waals surface area contributed by atoms with Crippen molar-refractivity contribution in [1.82, 2.24) is 5.32 Å². The number of nitrogens with one attached hydrogen (secondary N) is 1. The van der Waals surface area contributed by atoms with E-state index < -0.39 is 5.54 Å². The van der Waals surface area contributed by atoms with Gasteiger partial charge in [-0.25, -0.2) is 0 Å². The van der Waals surface area contributed by atoms with E-state index in [-0.39, 0.29) is 5.91 Å². The summed E-state index contributed by atoms with van der Waals surface area (Å²) in [6, 6.07) is 0. The summed E-state index contributed by atoms with van der Waals surface area (Å²) in [5.74, 6) is 1.38. The van der Waals surface area contributed by atoms with E-state index in [1.54, 1.807) is 7.11 Å². The molecular formula is C13H24N2O2. The summed E-state index contributed by atoms with van der Waals surface area (Å²) < 4.78 is 5.03. The fraction of sp³-hybridized carbons (Fsp3) is 0.923. The Kier molecular flexibility index (Phi) is 4.05. The SMILES string of the molecule is COCCNC1(C(N)=O)CCCC(C2CC2)C1. The first-order valence-corrected chi connectivity index (χ1v) is 6.72. The second kappa shape index (κ2) is 5.36. The van der Waals surface area contributed by atoms with Crippen LogP contribution in [-0.2, 0) is 9.53 Å². The molecule has 2 aliphatic rings. The summed E-state index contributed by atoms with van der Waals surface area (Å²) in [6.07, 6.45) is 6.89. The van der Waals surface area contributed by atoms with Crippen LogP contribution >= 0.6 is 0 Å². The molecule has 4 nitrogen and oxygen atoms in total. The number of rotatable bonds is 6. The lowest BCUT2D eigenvalue weighted by molar-refractivity contribution is -0.126. The lowest BCUT2D eigenvalue weighted by Crippen LogP contribution is -2.58. The molecule has 2 unspecified atom stereocenters. The molecule has 98 valence electrons. The van der Waals surface area contributed by atoms with Crippen molar-refractivity contribution in [2.24, 2.45) is 17.6 Å². The van der Waals surface area contributed by atoms with Crippen LogP contribution in [0.2, 0.25) is 0 Å². The van der Waals surface area contributed by atoms with Gasteiger partial charge in [-0.15, -0.1) is 0 Å². The first-order chi connectivity index (χ1) is 8.18. The van der Waals surface area contributed by atoms with Gasteiger partial charge in [-0.1, -0.05) is 12.8 Å². The summed E-state index contributed by atoms with van der Waals surface area (Å²) in [6.45, 7) is 1.33. The number of amides is 1. The Morgan fingerprint density at radius 2 is 2.18 bits per heavy atom. The Hall–Kier alpha value is -0.610. The maximum Gasteiger partial charge on any atom is 0.237 e. The fourth-order valence-electron chi connectivity index (χ4n) is 3.15. The number of ether oxygens (including phenoxy) is 1. The maximum atomic E-state index is 11.8. The largest absolute Gasteiger partial charge is 0.383 e. The summed E-state index contributed by atoms with van der Waals surface area (Å²) in [5, 5.41) is 3.35. The minimum absolute atomic E-state index is 0.182. The number of hydrogen-bond acceptors (Lipinski definition) is 3. The van der Waals surface area contributed by atoms with E-state index in [1.807, 2.05) is 0 Å². The van der Waals surface area contributed by atoms with Crippen LogP contribution in [0.3, 0.4) is 0 Å². The number of hydrogen-bond donors (Lipinski definition) is 2. The number of carbonyl (C=O) groups excluding carboxylic acids is 1. The highest BCUT2D eigenvalue weighted by molar-refractivity contribution is 5.84. The smallest absolute Gasteiger partial charge is 0.237 e. The molecule has 17 heavy (non-hydrogen) atoms. The monoisotopic (exact) mass is 240 g/mol.